The minimum absolute atomic E-state index is 0.652. The Balaban J connectivity index is 2.02. The number of benzene rings is 1. The molecule has 0 aliphatic heterocycles. The fraction of sp³-hybridized carbons (Fsp3) is 0.286. The molecule has 1 N–H and O–H groups in total. The van der Waals surface area contributed by atoms with Crippen molar-refractivity contribution in [3.8, 4) is 0 Å². The Bertz CT molecular complexity index is 504. The molecule has 0 fully saturated rings. The average molecular weight is 282 g/mol. The van der Waals surface area contributed by atoms with Gasteiger partial charge in [-0.15, -0.1) is 0 Å². The van der Waals surface area contributed by atoms with Crippen LogP contribution in [-0.4, -0.2) is 6.26 Å². The summed E-state index contributed by atoms with van der Waals surface area (Å²) in [5, 5.41) is 4.06. The van der Waals surface area contributed by atoms with E-state index in [2.05, 4.69) is 11.6 Å². The summed E-state index contributed by atoms with van der Waals surface area (Å²) in [6.45, 7) is 2.69. The fourth-order valence-corrected chi connectivity index (χ4v) is 2.50. The number of thioether (sulfide) groups is 1. The molecule has 1 aromatic heterocycles. The van der Waals surface area contributed by atoms with Crippen LogP contribution in [0.25, 0.3) is 0 Å². The molecular formula is C14H16ClNOS. The zero-order valence-electron chi connectivity index (χ0n) is 10.5. The molecule has 0 bridgehead atoms. The van der Waals surface area contributed by atoms with Crippen LogP contribution in [0.15, 0.2) is 34.7 Å². The van der Waals surface area contributed by atoms with Gasteiger partial charge in [-0.3, -0.25) is 0 Å². The second kappa shape index (κ2) is 6.21. The third kappa shape index (κ3) is 3.24. The van der Waals surface area contributed by atoms with Gasteiger partial charge >= 0.3 is 0 Å². The summed E-state index contributed by atoms with van der Waals surface area (Å²) >= 11 is 7.91. The molecule has 96 valence electrons. The molecule has 0 saturated carbocycles. The Morgan fingerprint density at radius 3 is 2.72 bits per heavy atom. The van der Waals surface area contributed by atoms with Crippen molar-refractivity contribution in [2.45, 2.75) is 19.2 Å². The molecule has 0 radical (unpaired) electrons. The van der Waals surface area contributed by atoms with E-state index in [0.717, 1.165) is 33.5 Å². The lowest BCUT2D eigenvalue weighted by atomic mass is 10.2. The SMILES string of the molecule is CSCc1ccc(CNc2c(C)cccc2Cl)o1. The van der Waals surface area contributed by atoms with Crippen LogP contribution in [0.1, 0.15) is 17.1 Å². The molecule has 0 amide bonds. The predicted molar refractivity (Wildman–Crippen MR) is 79.4 cm³/mol. The van der Waals surface area contributed by atoms with Crippen molar-refractivity contribution >= 4 is 29.1 Å². The third-order valence-corrected chi connectivity index (χ3v) is 3.55. The maximum Gasteiger partial charge on any atom is 0.123 e. The number of hydrogen-bond donors (Lipinski definition) is 1. The first kappa shape index (κ1) is 13.4. The first-order valence-corrected chi connectivity index (χ1v) is 7.53. The Morgan fingerprint density at radius 1 is 1.22 bits per heavy atom. The lowest BCUT2D eigenvalue weighted by molar-refractivity contribution is 0.487. The van der Waals surface area contributed by atoms with Gasteiger partial charge in [-0.1, -0.05) is 23.7 Å². The van der Waals surface area contributed by atoms with Crippen LogP contribution in [0, 0.1) is 6.92 Å². The summed E-state index contributed by atoms with van der Waals surface area (Å²) in [5.74, 6) is 2.85. The second-order valence-corrected chi connectivity index (χ2v) is 5.36. The standard InChI is InChI=1S/C14H16ClNOS/c1-10-4-3-5-13(15)14(10)16-8-11-6-7-12(17-11)9-18-2/h3-7,16H,8-9H2,1-2H3. The summed E-state index contributed by atoms with van der Waals surface area (Å²) in [6.07, 6.45) is 2.06. The molecule has 2 aromatic rings. The van der Waals surface area contributed by atoms with E-state index >= 15 is 0 Å². The topological polar surface area (TPSA) is 25.2 Å². The zero-order chi connectivity index (χ0) is 13.0. The van der Waals surface area contributed by atoms with Crippen LogP contribution in [0.4, 0.5) is 5.69 Å². The number of aryl methyl sites for hydroxylation is 1. The number of para-hydroxylation sites is 1. The number of hydrogen-bond acceptors (Lipinski definition) is 3. The Hall–Kier alpha value is -1.06. The van der Waals surface area contributed by atoms with E-state index in [4.69, 9.17) is 16.0 Å². The minimum Gasteiger partial charge on any atom is -0.463 e. The Kier molecular flexibility index (Phi) is 4.61. The number of rotatable bonds is 5. The maximum absolute atomic E-state index is 6.15. The third-order valence-electron chi connectivity index (χ3n) is 2.67. The van der Waals surface area contributed by atoms with Crippen LogP contribution in [0.5, 0.6) is 0 Å². The van der Waals surface area contributed by atoms with Gasteiger partial charge in [0.05, 0.1) is 23.0 Å². The normalized spacial score (nSPS) is 10.6. The van der Waals surface area contributed by atoms with Gasteiger partial charge < -0.3 is 9.73 Å². The molecule has 0 spiro atoms. The van der Waals surface area contributed by atoms with Crippen LogP contribution in [-0.2, 0) is 12.3 Å². The molecule has 0 unspecified atom stereocenters. The lowest BCUT2D eigenvalue weighted by Gasteiger charge is -2.09. The van der Waals surface area contributed by atoms with E-state index in [9.17, 15) is 0 Å². The highest BCUT2D eigenvalue weighted by molar-refractivity contribution is 7.97. The lowest BCUT2D eigenvalue weighted by Crippen LogP contribution is -2.00. The van der Waals surface area contributed by atoms with E-state index in [1.165, 1.54) is 0 Å². The summed E-state index contributed by atoms with van der Waals surface area (Å²) in [4.78, 5) is 0. The molecule has 2 nitrogen and oxygen atoms in total. The first-order valence-electron chi connectivity index (χ1n) is 5.76. The highest BCUT2D eigenvalue weighted by atomic mass is 35.5. The fourth-order valence-electron chi connectivity index (χ4n) is 1.77. The van der Waals surface area contributed by atoms with E-state index in [-0.39, 0.29) is 0 Å². The largest absolute Gasteiger partial charge is 0.463 e. The molecule has 0 aliphatic rings. The number of halogens is 1. The molecule has 4 heteroatoms. The van der Waals surface area contributed by atoms with Crippen molar-refractivity contribution in [3.05, 3.63) is 52.4 Å². The van der Waals surface area contributed by atoms with E-state index in [1.54, 1.807) is 11.8 Å². The van der Waals surface area contributed by atoms with Gasteiger partial charge in [0.1, 0.15) is 11.5 Å². The van der Waals surface area contributed by atoms with Crippen molar-refractivity contribution in [1.29, 1.82) is 0 Å². The quantitative estimate of drug-likeness (QED) is 0.859. The summed E-state index contributed by atoms with van der Waals surface area (Å²) < 4.78 is 5.70. The van der Waals surface area contributed by atoms with Gasteiger partial charge in [0, 0.05) is 0 Å². The highest BCUT2D eigenvalue weighted by Gasteiger charge is 2.05. The first-order chi connectivity index (χ1) is 8.70. The number of furan rings is 1. The number of nitrogens with one attached hydrogen (secondary N) is 1. The predicted octanol–water partition coefficient (Wildman–Crippen LogP) is 4.72. The van der Waals surface area contributed by atoms with Crippen LogP contribution in [0.3, 0.4) is 0 Å². The van der Waals surface area contributed by atoms with Gasteiger partial charge in [0.15, 0.2) is 0 Å². The van der Waals surface area contributed by atoms with Crippen molar-refractivity contribution in [1.82, 2.24) is 0 Å². The van der Waals surface area contributed by atoms with Crippen LogP contribution in [0.2, 0.25) is 5.02 Å². The molecule has 18 heavy (non-hydrogen) atoms. The van der Waals surface area contributed by atoms with Gasteiger partial charge in [-0.05, 0) is 36.9 Å². The molecule has 1 aromatic carbocycles. The summed E-state index contributed by atoms with van der Waals surface area (Å²) in [6, 6.07) is 9.90. The maximum atomic E-state index is 6.15. The van der Waals surface area contributed by atoms with Crippen molar-refractivity contribution in [2.75, 3.05) is 11.6 Å². The van der Waals surface area contributed by atoms with Crippen LogP contribution >= 0.6 is 23.4 Å². The average Bonchev–Trinajstić information content (AvgIpc) is 2.77. The second-order valence-electron chi connectivity index (χ2n) is 4.09. The van der Waals surface area contributed by atoms with Gasteiger partial charge in [0.2, 0.25) is 0 Å². The van der Waals surface area contributed by atoms with E-state index in [1.807, 2.05) is 37.3 Å². The summed E-state index contributed by atoms with van der Waals surface area (Å²) in [7, 11) is 0. The monoisotopic (exact) mass is 281 g/mol. The number of anilines is 1. The smallest absolute Gasteiger partial charge is 0.123 e. The van der Waals surface area contributed by atoms with E-state index in [0.29, 0.717) is 6.54 Å². The van der Waals surface area contributed by atoms with Gasteiger partial charge in [-0.25, -0.2) is 0 Å². The molecule has 0 atom stereocenters. The van der Waals surface area contributed by atoms with Crippen LogP contribution < -0.4 is 5.32 Å². The van der Waals surface area contributed by atoms with Crippen molar-refractivity contribution in [2.24, 2.45) is 0 Å². The van der Waals surface area contributed by atoms with Crippen molar-refractivity contribution in [3.63, 3.8) is 0 Å². The highest BCUT2D eigenvalue weighted by Crippen LogP contribution is 2.26. The minimum atomic E-state index is 0.652. The van der Waals surface area contributed by atoms with Crippen molar-refractivity contribution < 1.29 is 4.42 Å². The molecule has 0 aliphatic carbocycles. The Labute approximate surface area is 117 Å². The Morgan fingerprint density at radius 2 is 2.00 bits per heavy atom. The van der Waals surface area contributed by atoms with Gasteiger partial charge in [0.25, 0.3) is 0 Å². The summed E-state index contributed by atoms with van der Waals surface area (Å²) in [5.41, 5.74) is 2.11. The van der Waals surface area contributed by atoms with Gasteiger partial charge in [-0.2, -0.15) is 11.8 Å². The van der Waals surface area contributed by atoms with E-state index < -0.39 is 0 Å². The molecule has 0 saturated heterocycles. The zero-order valence-corrected chi connectivity index (χ0v) is 12.1. The molecular weight excluding hydrogens is 266 g/mol. The molecule has 2 rings (SSSR count). The molecule has 1 heterocycles.